The first-order valence-electron chi connectivity index (χ1n) is 5.85. The fourth-order valence-corrected chi connectivity index (χ4v) is 1.90. The van der Waals surface area contributed by atoms with Crippen molar-refractivity contribution in [3.8, 4) is 5.75 Å². The van der Waals surface area contributed by atoms with Crippen LogP contribution in [0.2, 0.25) is 0 Å². The van der Waals surface area contributed by atoms with E-state index in [1.165, 1.54) is 13.2 Å². The summed E-state index contributed by atoms with van der Waals surface area (Å²) in [6, 6.07) is 6.72. The fraction of sp³-hybridized carbons (Fsp3) is 0.214. The fourth-order valence-electron chi connectivity index (χ4n) is 1.90. The van der Waals surface area contributed by atoms with Gasteiger partial charge in [0.05, 0.1) is 18.5 Å². The van der Waals surface area contributed by atoms with Crippen LogP contribution in [-0.2, 0) is 6.54 Å². The summed E-state index contributed by atoms with van der Waals surface area (Å²) < 4.78 is 18.5. The molecule has 0 atom stereocenters. The van der Waals surface area contributed by atoms with E-state index in [-0.39, 0.29) is 5.75 Å². The van der Waals surface area contributed by atoms with Crippen molar-refractivity contribution in [2.24, 2.45) is 0 Å². The number of nitrogens with two attached hydrogens (primary N) is 1. The molecule has 0 radical (unpaired) electrons. The van der Waals surface area contributed by atoms with Crippen LogP contribution in [0.1, 0.15) is 5.56 Å². The Labute approximate surface area is 111 Å². The monoisotopic (exact) mass is 261 g/mol. The third-order valence-electron chi connectivity index (χ3n) is 2.85. The van der Waals surface area contributed by atoms with Gasteiger partial charge >= 0.3 is 0 Å². The van der Waals surface area contributed by atoms with E-state index in [4.69, 9.17) is 10.5 Å². The van der Waals surface area contributed by atoms with Gasteiger partial charge in [-0.05, 0) is 11.6 Å². The average molecular weight is 261 g/mol. The Morgan fingerprint density at radius 1 is 1.42 bits per heavy atom. The number of hydrogen-bond acceptors (Lipinski definition) is 4. The molecule has 0 bridgehead atoms. The van der Waals surface area contributed by atoms with Gasteiger partial charge in [0.25, 0.3) is 0 Å². The predicted octanol–water partition coefficient (Wildman–Crippen LogP) is 2.45. The molecule has 1 heterocycles. The van der Waals surface area contributed by atoms with E-state index >= 15 is 0 Å². The van der Waals surface area contributed by atoms with Crippen molar-refractivity contribution in [2.45, 2.75) is 6.54 Å². The first kappa shape index (κ1) is 13.1. The molecular weight excluding hydrogens is 245 g/mol. The number of benzene rings is 1. The Hall–Kier alpha value is -2.30. The third kappa shape index (κ3) is 2.93. The highest BCUT2D eigenvalue weighted by Gasteiger charge is 2.12. The molecule has 5 heteroatoms. The minimum Gasteiger partial charge on any atom is -0.494 e. The summed E-state index contributed by atoms with van der Waals surface area (Å²) in [7, 11) is 3.32. The molecular formula is C14H16FN3O. The van der Waals surface area contributed by atoms with Gasteiger partial charge in [0.15, 0.2) is 11.6 Å². The van der Waals surface area contributed by atoms with Crippen LogP contribution in [0.25, 0.3) is 0 Å². The molecule has 0 fully saturated rings. The number of aromatic nitrogens is 1. The van der Waals surface area contributed by atoms with Crippen LogP contribution in [-0.4, -0.2) is 19.1 Å². The van der Waals surface area contributed by atoms with Gasteiger partial charge in [0.2, 0.25) is 0 Å². The molecule has 0 spiro atoms. The molecule has 1 aromatic heterocycles. The number of pyridine rings is 1. The van der Waals surface area contributed by atoms with Crippen LogP contribution < -0.4 is 15.4 Å². The van der Waals surface area contributed by atoms with E-state index in [1.54, 1.807) is 18.5 Å². The van der Waals surface area contributed by atoms with Gasteiger partial charge in [-0.1, -0.05) is 6.07 Å². The highest BCUT2D eigenvalue weighted by atomic mass is 19.1. The number of nitrogen functional groups attached to an aromatic ring is 1. The van der Waals surface area contributed by atoms with Crippen LogP contribution in [0.15, 0.2) is 36.7 Å². The van der Waals surface area contributed by atoms with E-state index in [0.29, 0.717) is 12.2 Å². The summed E-state index contributed by atoms with van der Waals surface area (Å²) in [5, 5.41) is 0. The van der Waals surface area contributed by atoms with E-state index in [2.05, 4.69) is 4.98 Å². The number of ether oxygens (including phenoxy) is 1. The van der Waals surface area contributed by atoms with Crippen LogP contribution >= 0.6 is 0 Å². The lowest BCUT2D eigenvalue weighted by atomic mass is 10.2. The molecule has 0 amide bonds. The molecule has 19 heavy (non-hydrogen) atoms. The quantitative estimate of drug-likeness (QED) is 0.859. The summed E-state index contributed by atoms with van der Waals surface area (Å²) in [5.41, 5.74) is 8.00. The van der Waals surface area contributed by atoms with Crippen LogP contribution in [0.3, 0.4) is 0 Å². The van der Waals surface area contributed by atoms with Crippen molar-refractivity contribution in [1.82, 2.24) is 4.98 Å². The molecule has 0 aliphatic carbocycles. The normalized spacial score (nSPS) is 10.3. The van der Waals surface area contributed by atoms with Gasteiger partial charge in [-0.3, -0.25) is 4.98 Å². The molecule has 100 valence electrons. The molecule has 0 saturated carbocycles. The van der Waals surface area contributed by atoms with Gasteiger partial charge in [-0.2, -0.15) is 0 Å². The maximum atomic E-state index is 13.5. The Bertz CT molecular complexity index is 560. The van der Waals surface area contributed by atoms with Gasteiger partial charge in [-0.15, -0.1) is 0 Å². The summed E-state index contributed by atoms with van der Waals surface area (Å²) in [4.78, 5) is 5.98. The topological polar surface area (TPSA) is 51.4 Å². The minimum absolute atomic E-state index is 0.183. The second-order valence-electron chi connectivity index (χ2n) is 4.26. The SMILES string of the molecule is COc1cc(N(C)Cc2cccnc2)c(N)cc1F. The van der Waals surface area contributed by atoms with E-state index in [0.717, 1.165) is 11.3 Å². The molecule has 2 N–H and O–H groups in total. The van der Waals surface area contributed by atoms with Gasteiger partial charge in [-0.25, -0.2) is 4.39 Å². The van der Waals surface area contributed by atoms with Crippen LogP contribution in [0.5, 0.6) is 5.75 Å². The summed E-state index contributed by atoms with van der Waals surface area (Å²) in [6.45, 7) is 0.632. The van der Waals surface area contributed by atoms with Crippen LogP contribution in [0.4, 0.5) is 15.8 Å². The highest BCUT2D eigenvalue weighted by molar-refractivity contribution is 5.69. The standard InChI is InChI=1S/C14H16FN3O/c1-18(9-10-4-3-5-17-8-10)13-7-14(19-2)11(15)6-12(13)16/h3-8H,9,16H2,1-2H3. The van der Waals surface area contributed by atoms with Gasteiger partial charge < -0.3 is 15.4 Å². The number of anilines is 2. The molecule has 0 saturated heterocycles. The molecule has 0 unspecified atom stereocenters. The molecule has 2 rings (SSSR count). The number of methoxy groups -OCH3 is 1. The molecule has 4 nitrogen and oxygen atoms in total. The zero-order chi connectivity index (χ0) is 13.8. The lowest BCUT2D eigenvalue weighted by Crippen LogP contribution is -2.18. The molecule has 2 aromatic rings. The van der Waals surface area contributed by atoms with Gasteiger partial charge in [0.1, 0.15) is 0 Å². The Kier molecular flexibility index (Phi) is 3.85. The van der Waals surface area contributed by atoms with E-state index < -0.39 is 5.82 Å². The van der Waals surface area contributed by atoms with Crippen molar-refractivity contribution in [2.75, 3.05) is 24.8 Å². The number of nitrogens with zero attached hydrogens (tertiary/aromatic N) is 2. The number of rotatable bonds is 4. The molecule has 0 aliphatic heterocycles. The van der Waals surface area contributed by atoms with Crippen molar-refractivity contribution in [3.05, 3.63) is 48.0 Å². The van der Waals surface area contributed by atoms with Gasteiger partial charge in [0, 0.05) is 38.1 Å². The summed E-state index contributed by atoms with van der Waals surface area (Å²) in [6.07, 6.45) is 3.51. The zero-order valence-corrected chi connectivity index (χ0v) is 10.9. The lowest BCUT2D eigenvalue weighted by Gasteiger charge is -2.22. The number of hydrogen-bond donors (Lipinski definition) is 1. The zero-order valence-electron chi connectivity index (χ0n) is 10.9. The number of halogens is 1. The summed E-state index contributed by atoms with van der Waals surface area (Å²) in [5.74, 6) is -0.277. The maximum absolute atomic E-state index is 13.5. The minimum atomic E-state index is -0.460. The maximum Gasteiger partial charge on any atom is 0.167 e. The lowest BCUT2D eigenvalue weighted by molar-refractivity contribution is 0.387. The Balaban J connectivity index is 2.26. The van der Waals surface area contributed by atoms with Crippen molar-refractivity contribution in [3.63, 3.8) is 0 Å². The van der Waals surface area contributed by atoms with Crippen LogP contribution in [0, 0.1) is 5.82 Å². The first-order chi connectivity index (χ1) is 9.11. The van der Waals surface area contributed by atoms with E-state index in [9.17, 15) is 4.39 Å². The van der Waals surface area contributed by atoms with Crippen molar-refractivity contribution >= 4 is 11.4 Å². The molecule has 0 aliphatic rings. The Morgan fingerprint density at radius 3 is 2.84 bits per heavy atom. The second-order valence-corrected chi connectivity index (χ2v) is 4.26. The molecule has 1 aromatic carbocycles. The summed E-state index contributed by atoms with van der Waals surface area (Å²) >= 11 is 0. The average Bonchev–Trinajstić information content (AvgIpc) is 2.40. The third-order valence-corrected chi connectivity index (χ3v) is 2.85. The largest absolute Gasteiger partial charge is 0.494 e. The first-order valence-corrected chi connectivity index (χ1v) is 5.85. The van der Waals surface area contributed by atoms with Crippen molar-refractivity contribution in [1.29, 1.82) is 0 Å². The highest BCUT2D eigenvalue weighted by Crippen LogP contribution is 2.30. The second kappa shape index (κ2) is 5.56. The smallest absolute Gasteiger partial charge is 0.167 e. The Morgan fingerprint density at radius 2 is 2.21 bits per heavy atom. The van der Waals surface area contributed by atoms with E-state index in [1.807, 2.05) is 24.1 Å². The predicted molar refractivity (Wildman–Crippen MR) is 73.7 cm³/mol. The van der Waals surface area contributed by atoms with Crippen molar-refractivity contribution < 1.29 is 9.13 Å².